The maximum absolute atomic E-state index is 6.26. The van der Waals surface area contributed by atoms with Crippen molar-refractivity contribution in [1.82, 2.24) is 9.78 Å². The zero-order valence-corrected chi connectivity index (χ0v) is 11.5. The standard InChI is InChI=1S/C13H23ClN2/c1-10(2)9-12(14)5-6-13-7-8-16(15-13)11(3)4/h7-8,10-12H,5-6,9H2,1-4H3. The van der Waals surface area contributed by atoms with E-state index in [1.807, 2.05) is 10.9 Å². The summed E-state index contributed by atoms with van der Waals surface area (Å²) in [6.07, 6.45) is 5.15. The molecule has 0 saturated carbocycles. The Labute approximate surface area is 104 Å². The highest BCUT2D eigenvalue weighted by Gasteiger charge is 2.09. The molecule has 0 aliphatic heterocycles. The van der Waals surface area contributed by atoms with Crippen LogP contribution in [0.5, 0.6) is 0 Å². The highest BCUT2D eigenvalue weighted by Crippen LogP contribution is 2.16. The molecule has 0 aliphatic rings. The molecule has 0 bridgehead atoms. The molecule has 1 aromatic rings. The molecule has 92 valence electrons. The number of rotatable bonds is 6. The summed E-state index contributed by atoms with van der Waals surface area (Å²) in [5.41, 5.74) is 1.16. The third-order valence-electron chi connectivity index (χ3n) is 2.63. The molecule has 0 amide bonds. The van der Waals surface area contributed by atoms with E-state index in [-0.39, 0.29) is 5.38 Å². The van der Waals surface area contributed by atoms with Gasteiger partial charge in [0.05, 0.1) is 5.69 Å². The number of aromatic nitrogens is 2. The first kappa shape index (κ1) is 13.6. The van der Waals surface area contributed by atoms with E-state index in [1.54, 1.807) is 0 Å². The van der Waals surface area contributed by atoms with Gasteiger partial charge in [0.2, 0.25) is 0 Å². The minimum absolute atomic E-state index is 0.282. The van der Waals surface area contributed by atoms with Gasteiger partial charge in [0, 0.05) is 17.6 Å². The van der Waals surface area contributed by atoms with Gasteiger partial charge in [-0.2, -0.15) is 5.10 Å². The smallest absolute Gasteiger partial charge is 0.0625 e. The Hall–Kier alpha value is -0.500. The molecule has 1 aromatic heterocycles. The fourth-order valence-electron chi connectivity index (χ4n) is 1.73. The summed E-state index contributed by atoms with van der Waals surface area (Å²) in [7, 11) is 0. The van der Waals surface area contributed by atoms with E-state index < -0.39 is 0 Å². The molecule has 3 heteroatoms. The SMILES string of the molecule is CC(C)CC(Cl)CCc1ccn(C(C)C)n1. The zero-order chi connectivity index (χ0) is 12.1. The summed E-state index contributed by atoms with van der Waals surface area (Å²) in [4.78, 5) is 0. The third-order valence-corrected chi connectivity index (χ3v) is 3.03. The average molecular weight is 243 g/mol. The molecule has 0 spiro atoms. The van der Waals surface area contributed by atoms with Crippen molar-refractivity contribution >= 4 is 11.6 Å². The Kier molecular flexibility index (Phi) is 5.33. The van der Waals surface area contributed by atoms with Crippen LogP contribution in [-0.2, 0) is 6.42 Å². The van der Waals surface area contributed by atoms with Crippen LogP contribution in [0.1, 0.15) is 52.3 Å². The van der Waals surface area contributed by atoms with E-state index in [1.165, 1.54) is 0 Å². The quantitative estimate of drug-likeness (QED) is 0.689. The number of nitrogens with zero attached hydrogens (tertiary/aromatic N) is 2. The van der Waals surface area contributed by atoms with Crippen molar-refractivity contribution in [2.24, 2.45) is 5.92 Å². The van der Waals surface area contributed by atoms with Crippen LogP contribution >= 0.6 is 11.6 Å². The van der Waals surface area contributed by atoms with Crippen molar-refractivity contribution in [3.05, 3.63) is 18.0 Å². The molecule has 0 fully saturated rings. The largest absolute Gasteiger partial charge is 0.270 e. The van der Waals surface area contributed by atoms with Crippen molar-refractivity contribution < 1.29 is 0 Å². The molecule has 16 heavy (non-hydrogen) atoms. The Bertz CT molecular complexity index is 305. The summed E-state index contributed by atoms with van der Waals surface area (Å²) >= 11 is 6.26. The van der Waals surface area contributed by atoms with Gasteiger partial charge in [-0.05, 0) is 45.1 Å². The second kappa shape index (κ2) is 6.29. The summed E-state index contributed by atoms with van der Waals surface area (Å²) in [5, 5.41) is 4.80. The van der Waals surface area contributed by atoms with Crippen molar-refractivity contribution in [3.63, 3.8) is 0 Å². The minimum atomic E-state index is 0.282. The molecule has 0 aliphatic carbocycles. The molecule has 1 rings (SSSR count). The number of halogens is 1. The monoisotopic (exact) mass is 242 g/mol. The lowest BCUT2D eigenvalue weighted by Gasteiger charge is -2.10. The normalized spacial score (nSPS) is 13.7. The topological polar surface area (TPSA) is 17.8 Å². The van der Waals surface area contributed by atoms with Gasteiger partial charge in [0.15, 0.2) is 0 Å². The molecule has 1 atom stereocenters. The third kappa shape index (κ3) is 4.56. The fraction of sp³-hybridized carbons (Fsp3) is 0.769. The van der Waals surface area contributed by atoms with Crippen molar-refractivity contribution in [3.8, 4) is 0 Å². The molecular weight excluding hydrogens is 220 g/mol. The van der Waals surface area contributed by atoms with Gasteiger partial charge in [0.25, 0.3) is 0 Å². The van der Waals surface area contributed by atoms with E-state index >= 15 is 0 Å². The molecule has 1 heterocycles. The molecule has 1 unspecified atom stereocenters. The second-order valence-corrected chi connectivity index (χ2v) is 5.76. The van der Waals surface area contributed by atoms with Gasteiger partial charge >= 0.3 is 0 Å². The van der Waals surface area contributed by atoms with Crippen LogP contribution in [0.15, 0.2) is 12.3 Å². The van der Waals surface area contributed by atoms with Gasteiger partial charge in [-0.1, -0.05) is 13.8 Å². The van der Waals surface area contributed by atoms with Gasteiger partial charge in [0.1, 0.15) is 0 Å². The van der Waals surface area contributed by atoms with Crippen molar-refractivity contribution in [2.75, 3.05) is 0 Å². The van der Waals surface area contributed by atoms with Crippen LogP contribution in [-0.4, -0.2) is 15.2 Å². The average Bonchev–Trinajstić information content (AvgIpc) is 2.61. The lowest BCUT2D eigenvalue weighted by Crippen LogP contribution is -2.06. The van der Waals surface area contributed by atoms with Crippen LogP contribution in [0, 0.1) is 5.92 Å². The molecule has 0 aromatic carbocycles. The number of hydrogen-bond donors (Lipinski definition) is 0. The highest BCUT2D eigenvalue weighted by molar-refractivity contribution is 6.20. The van der Waals surface area contributed by atoms with Crippen LogP contribution < -0.4 is 0 Å². The highest BCUT2D eigenvalue weighted by atomic mass is 35.5. The number of aryl methyl sites for hydroxylation is 1. The van der Waals surface area contributed by atoms with Gasteiger partial charge in [-0.15, -0.1) is 11.6 Å². The van der Waals surface area contributed by atoms with E-state index in [9.17, 15) is 0 Å². The summed E-state index contributed by atoms with van der Waals surface area (Å²) in [5.74, 6) is 0.677. The predicted molar refractivity (Wildman–Crippen MR) is 70.0 cm³/mol. The summed E-state index contributed by atoms with van der Waals surface area (Å²) in [6, 6.07) is 2.54. The van der Waals surface area contributed by atoms with Gasteiger partial charge in [-0.25, -0.2) is 0 Å². The number of hydrogen-bond acceptors (Lipinski definition) is 1. The van der Waals surface area contributed by atoms with E-state index in [0.717, 1.165) is 25.0 Å². The van der Waals surface area contributed by atoms with E-state index in [2.05, 4.69) is 38.9 Å². The first-order valence-electron chi connectivity index (χ1n) is 6.17. The maximum atomic E-state index is 6.26. The minimum Gasteiger partial charge on any atom is -0.270 e. The first-order valence-corrected chi connectivity index (χ1v) is 6.60. The predicted octanol–water partition coefficient (Wildman–Crippen LogP) is 4.05. The Balaban J connectivity index is 2.36. The Morgan fingerprint density at radius 3 is 2.50 bits per heavy atom. The Morgan fingerprint density at radius 2 is 2.00 bits per heavy atom. The summed E-state index contributed by atoms with van der Waals surface area (Å²) in [6.45, 7) is 8.70. The van der Waals surface area contributed by atoms with E-state index in [4.69, 9.17) is 11.6 Å². The molecule has 2 nitrogen and oxygen atoms in total. The lowest BCUT2D eigenvalue weighted by molar-refractivity contribution is 0.517. The van der Waals surface area contributed by atoms with Crippen LogP contribution in [0.25, 0.3) is 0 Å². The van der Waals surface area contributed by atoms with Crippen molar-refractivity contribution in [2.45, 2.75) is 58.4 Å². The van der Waals surface area contributed by atoms with Gasteiger partial charge < -0.3 is 0 Å². The van der Waals surface area contributed by atoms with E-state index in [0.29, 0.717) is 12.0 Å². The second-order valence-electron chi connectivity index (χ2n) is 5.15. The van der Waals surface area contributed by atoms with Crippen LogP contribution in [0.2, 0.25) is 0 Å². The fourth-order valence-corrected chi connectivity index (χ4v) is 2.20. The lowest BCUT2D eigenvalue weighted by atomic mass is 10.0. The van der Waals surface area contributed by atoms with Crippen LogP contribution in [0.3, 0.4) is 0 Å². The number of alkyl halides is 1. The molecule has 0 saturated heterocycles. The Morgan fingerprint density at radius 1 is 1.31 bits per heavy atom. The van der Waals surface area contributed by atoms with Crippen molar-refractivity contribution in [1.29, 1.82) is 0 Å². The summed E-state index contributed by atoms with van der Waals surface area (Å²) < 4.78 is 2.00. The maximum Gasteiger partial charge on any atom is 0.0625 e. The van der Waals surface area contributed by atoms with Gasteiger partial charge in [-0.3, -0.25) is 4.68 Å². The zero-order valence-electron chi connectivity index (χ0n) is 10.8. The van der Waals surface area contributed by atoms with Crippen LogP contribution in [0.4, 0.5) is 0 Å². The first-order chi connectivity index (χ1) is 7.49. The molecule has 0 radical (unpaired) electrons. The molecule has 0 N–H and O–H groups in total. The molecular formula is C13H23ClN2.